The molecule has 1 aromatic carbocycles. The first-order valence-electron chi connectivity index (χ1n) is 7.44. The van der Waals surface area contributed by atoms with Gasteiger partial charge in [-0.3, -0.25) is 9.36 Å². The van der Waals surface area contributed by atoms with E-state index in [1.165, 1.54) is 4.57 Å². The minimum atomic E-state index is -2.80. The number of benzene rings is 1. The quantitative estimate of drug-likeness (QED) is 0.804. The molecule has 9 heteroatoms. The molecule has 6 nitrogen and oxygen atoms in total. The second-order valence-electron chi connectivity index (χ2n) is 5.44. The van der Waals surface area contributed by atoms with E-state index in [2.05, 4.69) is 15.5 Å². The summed E-state index contributed by atoms with van der Waals surface area (Å²) in [7, 11) is 0. The van der Waals surface area contributed by atoms with Crippen LogP contribution < -0.4 is 5.32 Å². The van der Waals surface area contributed by atoms with E-state index >= 15 is 0 Å². The van der Waals surface area contributed by atoms with Gasteiger partial charge < -0.3 is 10.4 Å². The number of nitrogens with one attached hydrogen (secondary N) is 1. The Kier molecular flexibility index (Phi) is 4.70. The van der Waals surface area contributed by atoms with Crippen molar-refractivity contribution >= 4 is 23.4 Å². The van der Waals surface area contributed by atoms with Crippen LogP contribution in [0.15, 0.2) is 17.3 Å². The van der Waals surface area contributed by atoms with Crippen molar-refractivity contribution in [2.75, 3.05) is 17.6 Å². The van der Waals surface area contributed by atoms with Gasteiger partial charge in [-0.2, -0.15) is 0 Å². The molecule has 0 saturated heterocycles. The van der Waals surface area contributed by atoms with Crippen LogP contribution in [0.3, 0.4) is 0 Å². The molecule has 2 N–H and O–H groups in total. The van der Waals surface area contributed by atoms with Crippen molar-refractivity contribution in [2.24, 2.45) is 0 Å². The number of carbonyl (C=O) groups is 1. The van der Waals surface area contributed by atoms with Gasteiger partial charge in [0.15, 0.2) is 5.16 Å². The lowest BCUT2D eigenvalue weighted by molar-refractivity contribution is -0.133. The zero-order valence-electron chi connectivity index (χ0n) is 12.9. The maximum absolute atomic E-state index is 13.4. The molecule has 0 unspecified atom stereocenters. The summed E-state index contributed by atoms with van der Waals surface area (Å²) in [5.74, 6) is -1.78. The maximum atomic E-state index is 13.4. The summed E-state index contributed by atoms with van der Waals surface area (Å²) in [6.45, 7) is 2.79. The highest BCUT2D eigenvalue weighted by molar-refractivity contribution is 7.99. The Morgan fingerprint density at radius 3 is 2.96 bits per heavy atom. The van der Waals surface area contributed by atoms with Gasteiger partial charge in [0.1, 0.15) is 0 Å². The summed E-state index contributed by atoms with van der Waals surface area (Å²) in [6.07, 6.45) is -1.15. The molecule has 128 valence electrons. The fraction of sp³-hybridized carbons (Fsp3) is 0.400. The van der Waals surface area contributed by atoms with Gasteiger partial charge in [-0.1, -0.05) is 17.8 Å². The molecule has 3 rings (SSSR count). The molecule has 0 aliphatic carbocycles. The highest BCUT2D eigenvalue weighted by Gasteiger charge is 2.25. The predicted molar refractivity (Wildman–Crippen MR) is 86.2 cm³/mol. The standard InChI is InChI=1S/C15H16F2N4O2S/c1-8-4-5-10(9-3-2-6-18-12(8)9)21-14(13(16)17)19-20-15(21)24-7-11(22)23/h4-5,13,18H,2-3,6-7H2,1H3,(H,22,23). The Morgan fingerprint density at radius 2 is 2.25 bits per heavy atom. The third-order valence-electron chi connectivity index (χ3n) is 3.82. The molecule has 0 atom stereocenters. The average molecular weight is 354 g/mol. The molecule has 1 aliphatic rings. The van der Waals surface area contributed by atoms with Crippen molar-refractivity contribution in [3.63, 3.8) is 0 Å². The number of aromatic nitrogens is 3. The zero-order valence-corrected chi connectivity index (χ0v) is 13.7. The third-order valence-corrected chi connectivity index (χ3v) is 4.73. The first kappa shape index (κ1) is 16.7. The van der Waals surface area contributed by atoms with Gasteiger partial charge in [-0.05, 0) is 37.0 Å². The number of halogens is 2. The molecule has 1 aliphatic heterocycles. The Morgan fingerprint density at radius 1 is 1.46 bits per heavy atom. The van der Waals surface area contributed by atoms with Gasteiger partial charge in [0.2, 0.25) is 5.82 Å². The molecular formula is C15H16F2N4O2S. The van der Waals surface area contributed by atoms with Crippen LogP contribution in [0.25, 0.3) is 5.69 Å². The number of aryl methyl sites for hydroxylation is 1. The molecule has 0 fully saturated rings. The Labute approximate surface area is 141 Å². The normalized spacial score (nSPS) is 13.7. The fourth-order valence-corrected chi connectivity index (χ4v) is 3.48. The van der Waals surface area contributed by atoms with Crippen LogP contribution in [0.2, 0.25) is 0 Å². The fourth-order valence-electron chi connectivity index (χ4n) is 2.81. The number of nitrogens with zero attached hydrogens (tertiary/aromatic N) is 3. The number of thioether (sulfide) groups is 1. The molecule has 0 amide bonds. The minimum absolute atomic E-state index is 0.157. The number of carboxylic acids is 1. The number of hydrogen-bond donors (Lipinski definition) is 2. The lowest BCUT2D eigenvalue weighted by Gasteiger charge is -2.24. The SMILES string of the molecule is Cc1ccc(-n2c(SCC(=O)O)nnc2C(F)F)c2c1NCCC2. The number of aliphatic carboxylic acids is 1. The highest BCUT2D eigenvalue weighted by atomic mass is 32.2. The monoisotopic (exact) mass is 354 g/mol. The molecule has 1 aromatic heterocycles. The van der Waals surface area contributed by atoms with Crippen LogP contribution in [0, 0.1) is 6.92 Å². The van der Waals surface area contributed by atoms with E-state index in [0.29, 0.717) is 5.69 Å². The summed E-state index contributed by atoms with van der Waals surface area (Å²) >= 11 is 0.879. The predicted octanol–water partition coefficient (Wildman–Crippen LogP) is 3.05. The van der Waals surface area contributed by atoms with Crippen LogP contribution in [0.4, 0.5) is 14.5 Å². The largest absolute Gasteiger partial charge is 0.481 e. The first-order chi connectivity index (χ1) is 11.5. The van der Waals surface area contributed by atoms with Crippen molar-refractivity contribution in [3.05, 3.63) is 29.1 Å². The number of fused-ring (bicyclic) bond motifs is 1. The lowest BCUT2D eigenvalue weighted by Crippen LogP contribution is -2.17. The number of anilines is 1. The molecule has 0 spiro atoms. The minimum Gasteiger partial charge on any atom is -0.481 e. The molecule has 2 heterocycles. The third kappa shape index (κ3) is 3.08. The smallest absolute Gasteiger partial charge is 0.313 e. The van der Waals surface area contributed by atoms with E-state index in [1.54, 1.807) is 6.07 Å². The van der Waals surface area contributed by atoms with Crippen LogP contribution in [0.5, 0.6) is 0 Å². The van der Waals surface area contributed by atoms with Crippen LogP contribution in [-0.2, 0) is 11.2 Å². The van der Waals surface area contributed by atoms with Crippen molar-refractivity contribution in [1.29, 1.82) is 0 Å². The first-order valence-corrected chi connectivity index (χ1v) is 8.42. The van der Waals surface area contributed by atoms with E-state index in [9.17, 15) is 13.6 Å². The van der Waals surface area contributed by atoms with E-state index in [-0.39, 0.29) is 10.9 Å². The molecule has 24 heavy (non-hydrogen) atoms. The number of hydrogen-bond acceptors (Lipinski definition) is 5. The second kappa shape index (κ2) is 6.76. The van der Waals surface area contributed by atoms with E-state index in [0.717, 1.165) is 48.0 Å². The Balaban J connectivity index is 2.14. The van der Waals surface area contributed by atoms with Gasteiger partial charge in [0, 0.05) is 12.2 Å². The van der Waals surface area contributed by atoms with Crippen molar-refractivity contribution in [2.45, 2.75) is 31.3 Å². The van der Waals surface area contributed by atoms with E-state index in [1.807, 2.05) is 13.0 Å². The van der Waals surface area contributed by atoms with Crippen molar-refractivity contribution < 1.29 is 18.7 Å². The van der Waals surface area contributed by atoms with Crippen LogP contribution >= 0.6 is 11.8 Å². The molecule has 2 aromatic rings. The van der Waals surface area contributed by atoms with Gasteiger partial charge in [0.25, 0.3) is 6.43 Å². The van der Waals surface area contributed by atoms with E-state index < -0.39 is 18.2 Å². The van der Waals surface area contributed by atoms with Crippen LogP contribution in [-0.4, -0.2) is 38.1 Å². The van der Waals surface area contributed by atoms with Crippen molar-refractivity contribution in [3.8, 4) is 5.69 Å². The van der Waals surface area contributed by atoms with Crippen LogP contribution in [0.1, 0.15) is 29.8 Å². The van der Waals surface area contributed by atoms with Gasteiger partial charge >= 0.3 is 5.97 Å². The maximum Gasteiger partial charge on any atom is 0.313 e. The average Bonchev–Trinajstić information content (AvgIpc) is 2.97. The Hall–Kier alpha value is -2.16. The highest BCUT2D eigenvalue weighted by Crippen LogP contribution is 2.35. The zero-order chi connectivity index (χ0) is 17.3. The van der Waals surface area contributed by atoms with Crippen molar-refractivity contribution in [1.82, 2.24) is 14.8 Å². The number of alkyl halides is 2. The molecular weight excluding hydrogens is 338 g/mol. The topological polar surface area (TPSA) is 80.0 Å². The summed E-state index contributed by atoms with van der Waals surface area (Å²) in [5.41, 5.74) is 3.50. The Bertz CT molecular complexity index is 779. The lowest BCUT2D eigenvalue weighted by atomic mass is 9.98. The van der Waals surface area contributed by atoms with Gasteiger partial charge in [0.05, 0.1) is 11.4 Å². The number of carboxylic acid groups (broad SMARTS) is 1. The number of rotatable bonds is 5. The summed E-state index contributed by atoms with van der Waals surface area (Å²) in [4.78, 5) is 10.8. The van der Waals surface area contributed by atoms with Gasteiger partial charge in [-0.15, -0.1) is 10.2 Å². The summed E-state index contributed by atoms with van der Waals surface area (Å²) in [6, 6.07) is 3.62. The van der Waals surface area contributed by atoms with Gasteiger partial charge in [-0.25, -0.2) is 8.78 Å². The molecule has 0 bridgehead atoms. The second-order valence-corrected chi connectivity index (χ2v) is 6.39. The summed E-state index contributed by atoms with van der Waals surface area (Å²) in [5, 5.41) is 19.6. The van der Waals surface area contributed by atoms with E-state index in [4.69, 9.17) is 5.11 Å². The summed E-state index contributed by atoms with van der Waals surface area (Å²) < 4.78 is 28.0. The molecule has 0 saturated carbocycles. The molecule has 0 radical (unpaired) electrons.